The third-order valence-electron chi connectivity index (χ3n) is 3.54. The summed E-state index contributed by atoms with van der Waals surface area (Å²) in [6.07, 6.45) is 1.99. The molecule has 0 unspecified atom stereocenters. The molecular formula is C13H17NO6S. The van der Waals surface area contributed by atoms with E-state index in [0.717, 1.165) is 31.0 Å². The first-order chi connectivity index (χ1) is 9.81. The number of carbonyl (C=O) groups is 1. The number of aromatic hydroxyl groups is 1. The minimum Gasteiger partial charge on any atom is -0.507 e. The molecule has 4 N–H and O–H groups in total. The summed E-state index contributed by atoms with van der Waals surface area (Å²) in [7, 11) is -3.95. The monoisotopic (exact) mass is 315 g/mol. The topological polar surface area (TPSA) is 124 Å². The molecule has 7 nitrogen and oxygen atoms in total. The number of sulfonamides is 1. The van der Waals surface area contributed by atoms with E-state index in [1.54, 1.807) is 0 Å². The molecule has 0 saturated heterocycles. The molecule has 2 atom stereocenters. The minimum absolute atomic E-state index is 0.254. The number of aliphatic hydroxyl groups excluding tert-OH is 1. The number of aromatic carboxylic acids is 1. The Morgan fingerprint density at radius 2 is 1.90 bits per heavy atom. The lowest BCUT2D eigenvalue weighted by molar-refractivity contribution is 0.0693. The van der Waals surface area contributed by atoms with E-state index in [2.05, 4.69) is 4.72 Å². The van der Waals surface area contributed by atoms with Crippen LogP contribution in [0.15, 0.2) is 23.1 Å². The summed E-state index contributed by atoms with van der Waals surface area (Å²) in [5.41, 5.74) is -0.484. The number of hydrogen-bond acceptors (Lipinski definition) is 5. The lowest BCUT2D eigenvalue weighted by Gasteiger charge is -2.28. The van der Waals surface area contributed by atoms with E-state index < -0.39 is 39.5 Å². The van der Waals surface area contributed by atoms with Crippen molar-refractivity contribution < 1.29 is 28.5 Å². The van der Waals surface area contributed by atoms with Gasteiger partial charge in [0.1, 0.15) is 11.3 Å². The van der Waals surface area contributed by atoms with Crippen molar-refractivity contribution in [2.24, 2.45) is 0 Å². The first kappa shape index (κ1) is 15.7. The molecule has 1 aliphatic carbocycles. The minimum atomic E-state index is -3.95. The highest BCUT2D eigenvalue weighted by Crippen LogP contribution is 2.24. The van der Waals surface area contributed by atoms with Gasteiger partial charge in [0.05, 0.1) is 11.0 Å². The second-order valence-corrected chi connectivity index (χ2v) is 6.78. The maximum absolute atomic E-state index is 12.2. The summed E-state index contributed by atoms with van der Waals surface area (Å²) in [4.78, 5) is 10.7. The Hall–Kier alpha value is -1.64. The van der Waals surface area contributed by atoms with E-state index in [1.807, 2.05) is 0 Å². The highest BCUT2D eigenvalue weighted by atomic mass is 32.2. The zero-order chi connectivity index (χ0) is 15.6. The summed E-state index contributed by atoms with van der Waals surface area (Å²) in [5, 5.41) is 28.1. The van der Waals surface area contributed by atoms with E-state index >= 15 is 0 Å². The van der Waals surface area contributed by atoms with Gasteiger partial charge >= 0.3 is 5.97 Å². The van der Waals surface area contributed by atoms with E-state index in [1.165, 1.54) is 0 Å². The van der Waals surface area contributed by atoms with Crippen molar-refractivity contribution in [3.8, 4) is 5.75 Å². The van der Waals surface area contributed by atoms with Gasteiger partial charge in [-0.05, 0) is 31.0 Å². The fourth-order valence-corrected chi connectivity index (χ4v) is 3.70. The van der Waals surface area contributed by atoms with Crippen LogP contribution in [0.1, 0.15) is 36.0 Å². The van der Waals surface area contributed by atoms with Gasteiger partial charge in [0.2, 0.25) is 10.0 Å². The molecule has 1 fully saturated rings. The fraction of sp³-hybridized carbons (Fsp3) is 0.462. The van der Waals surface area contributed by atoms with Crippen LogP contribution in [0.5, 0.6) is 5.75 Å². The average molecular weight is 315 g/mol. The molecular weight excluding hydrogens is 298 g/mol. The zero-order valence-corrected chi connectivity index (χ0v) is 12.0. The van der Waals surface area contributed by atoms with Gasteiger partial charge < -0.3 is 15.3 Å². The van der Waals surface area contributed by atoms with Gasteiger partial charge in [0.15, 0.2) is 0 Å². The van der Waals surface area contributed by atoms with Crippen molar-refractivity contribution in [2.45, 2.75) is 42.7 Å². The first-order valence-corrected chi connectivity index (χ1v) is 8.06. The third kappa shape index (κ3) is 3.52. The molecule has 0 aromatic heterocycles. The summed E-state index contributed by atoms with van der Waals surface area (Å²) in [6.45, 7) is 0. The molecule has 1 saturated carbocycles. The van der Waals surface area contributed by atoms with Crippen LogP contribution >= 0.6 is 0 Å². The van der Waals surface area contributed by atoms with E-state index in [4.69, 9.17) is 5.11 Å². The highest BCUT2D eigenvalue weighted by molar-refractivity contribution is 7.89. The lowest BCUT2D eigenvalue weighted by Crippen LogP contribution is -2.44. The van der Waals surface area contributed by atoms with Gasteiger partial charge in [-0.3, -0.25) is 0 Å². The van der Waals surface area contributed by atoms with Crippen molar-refractivity contribution in [3.05, 3.63) is 23.8 Å². The van der Waals surface area contributed by atoms with Gasteiger partial charge in [-0.2, -0.15) is 0 Å². The molecule has 1 aromatic carbocycles. The molecule has 0 aliphatic heterocycles. The maximum atomic E-state index is 12.2. The van der Waals surface area contributed by atoms with Crippen LogP contribution in [-0.4, -0.2) is 41.9 Å². The van der Waals surface area contributed by atoms with Crippen molar-refractivity contribution in [1.82, 2.24) is 4.72 Å². The van der Waals surface area contributed by atoms with Gasteiger partial charge in [0.25, 0.3) is 0 Å². The molecule has 1 aromatic rings. The van der Waals surface area contributed by atoms with Gasteiger partial charge in [-0.15, -0.1) is 0 Å². The standard InChI is InChI=1S/C13H17NO6S/c15-11-6-5-8(7-9(11)13(17)18)21(19,20)14-10-3-1-2-4-12(10)16/h5-7,10,12,14-16H,1-4H2,(H,17,18)/t10-,12-/m0/s1. The predicted octanol–water partition coefficient (Wildman–Crippen LogP) is 0.672. The third-order valence-corrected chi connectivity index (χ3v) is 5.03. The van der Waals surface area contributed by atoms with Crippen LogP contribution in [0.3, 0.4) is 0 Å². The second kappa shape index (κ2) is 6.00. The van der Waals surface area contributed by atoms with Crippen molar-refractivity contribution in [3.63, 3.8) is 0 Å². The number of rotatable bonds is 4. The normalized spacial score (nSPS) is 22.9. The Morgan fingerprint density at radius 3 is 2.52 bits per heavy atom. The summed E-state index contributed by atoms with van der Waals surface area (Å²) in [5.74, 6) is -1.92. The maximum Gasteiger partial charge on any atom is 0.339 e. The number of aliphatic hydroxyl groups is 1. The largest absolute Gasteiger partial charge is 0.507 e. The van der Waals surface area contributed by atoms with Crippen LogP contribution in [0.4, 0.5) is 0 Å². The summed E-state index contributed by atoms with van der Waals surface area (Å²) < 4.78 is 26.9. The van der Waals surface area contributed by atoms with E-state index in [9.17, 15) is 23.4 Å². The zero-order valence-electron chi connectivity index (χ0n) is 11.2. The van der Waals surface area contributed by atoms with Crippen molar-refractivity contribution >= 4 is 16.0 Å². The Morgan fingerprint density at radius 1 is 1.24 bits per heavy atom. The number of carboxylic acid groups (broad SMARTS) is 1. The van der Waals surface area contributed by atoms with E-state index in [0.29, 0.717) is 12.8 Å². The first-order valence-electron chi connectivity index (χ1n) is 6.58. The lowest BCUT2D eigenvalue weighted by atomic mass is 9.93. The Bertz CT molecular complexity index is 642. The smallest absolute Gasteiger partial charge is 0.339 e. The Balaban J connectivity index is 2.27. The molecule has 116 valence electrons. The number of carboxylic acids is 1. The number of phenols is 1. The van der Waals surface area contributed by atoms with Crippen molar-refractivity contribution in [1.29, 1.82) is 0 Å². The predicted molar refractivity (Wildman–Crippen MR) is 73.7 cm³/mol. The quantitative estimate of drug-likeness (QED) is 0.647. The van der Waals surface area contributed by atoms with Crippen LogP contribution in [0.2, 0.25) is 0 Å². The SMILES string of the molecule is O=C(O)c1cc(S(=O)(=O)N[C@H]2CCCC[C@@H]2O)ccc1O. The van der Waals surface area contributed by atoms with Gasteiger partial charge in [-0.1, -0.05) is 12.8 Å². The molecule has 0 spiro atoms. The Kier molecular flexibility index (Phi) is 4.50. The molecule has 0 radical (unpaired) electrons. The molecule has 0 bridgehead atoms. The average Bonchev–Trinajstić information content (AvgIpc) is 2.41. The van der Waals surface area contributed by atoms with Crippen LogP contribution in [0, 0.1) is 0 Å². The van der Waals surface area contributed by atoms with E-state index in [-0.39, 0.29) is 4.90 Å². The van der Waals surface area contributed by atoms with Crippen LogP contribution < -0.4 is 4.72 Å². The Labute approximate surface area is 122 Å². The molecule has 0 heterocycles. The number of benzene rings is 1. The number of nitrogens with one attached hydrogen (secondary N) is 1. The highest BCUT2D eigenvalue weighted by Gasteiger charge is 2.28. The fourth-order valence-electron chi connectivity index (χ4n) is 2.37. The summed E-state index contributed by atoms with van der Waals surface area (Å²) in [6, 6.07) is 2.47. The van der Waals surface area contributed by atoms with Gasteiger partial charge in [-0.25, -0.2) is 17.9 Å². The summed E-state index contributed by atoms with van der Waals surface area (Å²) >= 11 is 0. The molecule has 21 heavy (non-hydrogen) atoms. The van der Waals surface area contributed by atoms with Gasteiger partial charge in [0, 0.05) is 6.04 Å². The van der Waals surface area contributed by atoms with Crippen LogP contribution in [0.25, 0.3) is 0 Å². The molecule has 8 heteroatoms. The molecule has 0 amide bonds. The van der Waals surface area contributed by atoms with Crippen LogP contribution in [-0.2, 0) is 10.0 Å². The second-order valence-electron chi connectivity index (χ2n) is 5.06. The van der Waals surface area contributed by atoms with Crippen molar-refractivity contribution in [2.75, 3.05) is 0 Å². The molecule has 2 rings (SSSR count). The number of hydrogen-bond donors (Lipinski definition) is 4. The molecule has 1 aliphatic rings.